The fourth-order valence-corrected chi connectivity index (χ4v) is 2.86. The molecule has 4 nitrogen and oxygen atoms in total. The molecule has 0 radical (unpaired) electrons. The van der Waals surface area contributed by atoms with Crippen molar-refractivity contribution in [2.24, 2.45) is 4.99 Å². The lowest BCUT2D eigenvalue weighted by Gasteiger charge is -1.99. The molecule has 0 fully saturated rings. The number of nitrogens with zero attached hydrogens (tertiary/aromatic N) is 2. The number of aliphatic imine (C=N–C) groups is 1. The summed E-state index contributed by atoms with van der Waals surface area (Å²) in [4.78, 5) is 11.8. The van der Waals surface area contributed by atoms with Gasteiger partial charge in [-0.3, -0.25) is 4.99 Å². The first-order chi connectivity index (χ1) is 11.8. The molecule has 3 aromatic rings. The third-order valence-electron chi connectivity index (χ3n) is 4.11. The minimum absolute atomic E-state index is 0.0309. The molecule has 0 amide bonds. The van der Waals surface area contributed by atoms with Crippen molar-refractivity contribution in [2.75, 3.05) is 0 Å². The van der Waals surface area contributed by atoms with Gasteiger partial charge in [0.2, 0.25) is 5.88 Å². The van der Waals surface area contributed by atoms with Crippen LogP contribution in [0.3, 0.4) is 0 Å². The average Bonchev–Trinajstić information content (AvgIpc) is 3.18. The van der Waals surface area contributed by atoms with Crippen molar-refractivity contribution in [3.63, 3.8) is 0 Å². The Labute approximate surface area is 140 Å². The van der Waals surface area contributed by atoms with Gasteiger partial charge in [0.05, 0.1) is 5.69 Å². The fraction of sp³-hybridized carbons (Fsp3) is 0.100. The number of rotatable bonds is 4. The van der Waals surface area contributed by atoms with Crippen LogP contribution < -0.4 is 0 Å². The number of hydrogen-bond donors (Lipinski definition) is 2. The number of aromatic hydroxyl groups is 1. The zero-order chi connectivity index (χ0) is 16.4. The van der Waals surface area contributed by atoms with Crippen LogP contribution in [0, 0.1) is 0 Å². The van der Waals surface area contributed by atoms with Crippen LogP contribution in [0.5, 0.6) is 5.88 Å². The number of aryl methyl sites for hydroxylation is 2. The Morgan fingerprint density at radius 2 is 1.75 bits per heavy atom. The minimum Gasteiger partial charge on any atom is -0.492 e. The number of nitrogens with one attached hydrogen (secondary N) is 1. The molecule has 118 valence electrons. The maximum atomic E-state index is 10.1. The van der Waals surface area contributed by atoms with E-state index in [1.54, 1.807) is 0 Å². The second-order valence-corrected chi connectivity index (χ2v) is 5.78. The number of imidazole rings is 1. The summed E-state index contributed by atoms with van der Waals surface area (Å²) in [6, 6.07) is 18.2. The predicted molar refractivity (Wildman–Crippen MR) is 96.6 cm³/mol. The maximum absolute atomic E-state index is 10.1. The number of aromatic nitrogens is 2. The molecular weight excluding hydrogens is 298 g/mol. The minimum atomic E-state index is 0.0309. The zero-order valence-corrected chi connectivity index (χ0v) is 13.1. The number of benzene rings is 2. The molecule has 24 heavy (non-hydrogen) atoms. The van der Waals surface area contributed by atoms with Gasteiger partial charge in [-0.2, -0.15) is 4.98 Å². The van der Waals surface area contributed by atoms with Gasteiger partial charge in [-0.1, -0.05) is 48.5 Å². The molecule has 1 aliphatic heterocycles. The second kappa shape index (κ2) is 6.16. The van der Waals surface area contributed by atoms with Crippen LogP contribution in [0.25, 0.3) is 11.6 Å². The standard InChI is InChI=1S/C20H17N3O/c24-20-18(12-15-13-21-17-9-5-4-8-16(15)17)22-19(23-20)11-10-14-6-2-1-3-7-14/h1-9,12-13,24H,10-11H2,(H,22,23)/b15-12+. The van der Waals surface area contributed by atoms with Crippen molar-refractivity contribution < 1.29 is 5.11 Å². The third-order valence-corrected chi connectivity index (χ3v) is 4.11. The number of hydrogen-bond acceptors (Lipinski definition) is 3. The first-order valence-electron chi connectivity index (χ1n) is 7.96. The Balaban J connectivity index is 1.54. The van der Waals surface area contributed by atoms with Crippen LogP contribution in [-0.2, 0) is 12.8 Å². The quantitative estimate of drug-likeness (QED) is 0.759. The third kappa shape index (κ3) is 2.86. The summed E-state index contributed by atoms with van der Waals surface area (Å²) in [5.74, 6) is 0.815. The van der Waals surface area contributed by atoms with E-state index in [1.165, 1.54) is 5.56 Å². The molecule has 4 rings (SSSR count). The topological polar surface area (TPSA) is 61.3 Å². The summed E-state index contributed by atoms with van der Waals surface area (Å²) in [5, 5.41) is 10.1. The van der Waals surface area contributed by atoms with Crippen LogP contribution in [0.1, 0.15) is 22.6 Å². The molecule has 0 unspecified atom stereocenters. The molecular formula is C20H17N3O. The highest BCUT2D eigenvalue weighted by molar-refractivity contribution is 6.21. The Bertz CT molecular complexity index is 923. The van der Waals surface area contributed by atoms with E-state index in [4.69, 9.17) is 0 Å². The van der Waals surface area contributed by atoms with Gasteiger partial charge in [-0.05, 0) is 24.1 Å². The van der Waals surface area contributed by atoms with E-state index in [0.29, 0.717) is 5.69 Å². The van der Waals surface area contributed by atoms with Crippen molar-refractivity contribution in [3.8, 4) is 5.88 Å². The van der Waals surface area contributed by atoms with Gasteiger partial charge in [-0.25, -0.2) is 0 Å². The summed E-state index contributed by atoms with van der Waals surface area (Å²) in [7, 11) is 0. The largest absolute Gasteiger partial charge is 0.492 e. The zero-order valence-electron chi connectivity index (χ0n) is 13.1. The van der Waals surface area contributed by atoms with Gasteiger partial charge < -0.3 is 10.1 Å². The van der Waals surface area contributed by atoms with E-state index in [9.17, 15) is 5.11 Å². The number of aromatic amines is 1. The van der Waals surface area contributed by atoms with Crippen LogP contribution in [0.4, 0.5) is 5.69 Å². The van der Waals surface area contributed by atoms with E-state index in [1.807, 2.05) is 54.8 Å². The predicted octanol–water partition coefficient (Wildman–Crippen LogP) is 4.16. The normalized spacial score (nSPS) is 14.2. The van der Waals surface area contributed by atoms with Gasteiger partial charge in [-0.15, -0.1) is 0 Å². The van der Waals surface area contributed by atoms with Crippen molar-refractivity contribution in [3.05, 3.63) is 77.2 Å². The lowest BCUT2D eigenvalue weighted by molar-refractivity contribution is 0.454. The van der Waals surface area contributed by atoms with Crippen LogP contribution in [0.2, 0.25) is 0 Å². The SMILES string of the molecule is Oc1nc(CCc2ccccc2)[nH]c1/C=C1\C=Nc2ccccc21. The second-order valence-electron chi connectivity index (χ2n) is 5.78. The maximum Gasteiger partial charge on any atom is 0.237 e. The highest BCUT2D eigenvalue weighted by Gasteiger charge is 2.13. The fourth-order valence-electron chi connectivity index (χ4n) is 2.86. The number of para-hydroxylation sites is 1. The lowest BCUT2D eigenvalue weighted by Crippen LogP contribution is -1.93. The van der Waals surface area contributed by atoms with Gasteiger partial charge in [0.1, 0.15) is 11.5 Å². The van der Waals surface area contributed by atoms with Crippen LogP contribution >= 0.6 is 0 Å². The highest BCUT2D eigenvalue weighted by atomic mass is 16.3. The molecule has 0 saturated carbocycles. The Hall–Kier alpha value is -3.14. The van der Waals surface area contributed by atoms with Crippen molar-refractivity contribution in [1.29, 1.82) is 0 Å². The first-order valence-corrected chi connectivity index (χ1v) is 7.96. The molecule has 0 saturated heterocycles. The first kappa shape index (κ1) is 14.5. The van der Waals surface area contributed by atoms with Crippen molar-refractivity contribution in [1.82, 2.24) is 9.97 Å². The number of allylic oxidation sites excluding steroid dienone is 1. The molecule has 0 spiro atoms. The summed E-state index contributed by atoms with van der Waals surface area (Å²) in [6.07, 6.45) is 5.35. The number of fused-ring (bicyclic) bond motifs is 1. The Morgan fingerprint density at radius 3 is 2.62 bits per heavy atom. The molecule has 2 heterocycles. The van der Waals surface area contributed by atoms with Crippen LogP contribution in [0.15, 0.2) is 59.6 Å². The van der Waals surface area contributed by atoms with Gasteiger partial charge >= 0.3 is 0 Å². The molecule has 1 aliphatic rings. The van der Waals surface area contributed by atoms with E-state index in [0.717, 1.165) is 35.5 Å². The molecule has 2 N–H and O–H groups in total. The molecule has 1 aromatic heterocycles. The average molecular weight is 315 g/mol. The smallest absolute Gasteiger partial charge is 0.237 e. The van der Waals surface area contributed by atoms with Crippen molar-refractivity contribution >= 4 is 23.6 Å². The summed E-state index contributed by atoms with van der Waals surface area (Å²) in [5.41, 5.74) is 4.87. The van der Waals surface area contributed by atoms with Gasteiger partial charge in [0.15, 0.2) is 0 Å². The molecule has 0 aliphatic carbocycles. The molecule has 0 bridgehead atoms. The van der Waals surface area contributed by atoms with Gasteiger partial charge in [0, 0.05) is 23.8 Å². The number of H-pyrrole nitrogens is 1. The molecule has 4 heteroatoms. The highest BCUT2D eigenvalue weighted by Crippen LogP contribution is 2.32. The lowest BCUT2D eigenvalue weighted by atomic mass is 10.1. The molecule has 0 atom stereocenters. The summed E-state index contributed by atoms with van der Waals surface area (Å²) >= 11 is 0. The summed E-state index contributed by atoms with van der Waals surface area (Å²) < 4.78 is 0. The molecule has 2 aromatic carbocycles. The Kier molecular flexibility index (Phi) is 3.71. The van der Waals surface area contributed by atoms with E-state index in [-0.39, 0.29) is 5.88 Å². The van der Waals surface area contributed by atoms with E-state index in [2.05, 4.69) is 27.1 Å². The monoisotopic (exact) mass is 315 g/mol. The van der Waals surface area contributed by atoms with Gasteiger partial charge in [0.25, 0.3) is 0 Å². The Morgan fingerprint density at radius 1 is 0.958 bits per heavy atom. The van der Waals surface area contributed by atoms with E-state index < -0.39 is 0 Å². The van der Waals surface area contributed by atoms with Crippen LogP contribution in [-0.4, -0.2) is 21.3 Å². The van der Waals surface area contributed by atoms with E-state index >= 15 is 0 Å². The summed E-state index contributed by atoms with van der Waals surface area (Å²) in [6.45, 7) is 0. The van der Waals surface area contributed by atoms with Crippen molar-refractivity contribution in [2.45, 2.75) is 12.8 Å².